The minimum absolute atomic E-state index is 0.244. The molecule has 0 aliphatic rings. The second-order valence-electron chi connectivity index (χ2n) is 6.58. The zero-order valence-electron chi connectivity index (χ0n) is 15.7. The minimum atomic E-state index is -0.840. The van der Waals surface area contributed by atoms with E-state index in [9.17, 15) is 9.36 Å². The van der Waals surface area contributed by atoms with Crippen molar-refractivity contribution in [2.75, 3.05) is 11.1 Å². The second kappa shape index (κ2) is 8.65. The van der Waals surface area contributed by atoms with E-state index in [1.165, 1.54) is 0 Å². The molecule has 5 nitrogen and oxygen atoms in total. The van der Waals surface area contributed by atoms with Gasteiger partial charge in [0, 0.05) is 10.4 Å². The number of carbonyl (C=O) groups is 1. The van der Waals surface area contributed by atoms with Crippen LogP contribution in [0.5, 0.6) is 0 Å². The van der Waals surface area contributed by atoms with Crippen molar-refractivity contribution in [3.05, 3.63) is 71.1 Å². The molecule has 2 aromatic carbocycles. The fraction of sp³-hybridized carbons (Fsp3) is 0.190. The summed E-state index contributed by atoms with van der Waals surface area (Å²) < 4.78 is 16.3. The molecule has 1 heterocycles. The molecule has 0 fully saturated rings. The molecular formula is C21H22N2O3PS+. The highest BCUT2D eigenvalue weighted by molar-refractivity contribution is 7.17. The Bertz CT molecular complexity index is 974. The Hall–Kier alpha value is -2.53. The average molecular weight is 413 g/mol. The van der Waals surface area contributed by atoms with Crippen molar-refractivity contribution < 1.29 is 13.9 Å². The first kappa shape index (κ1) is 20.2. The molecule has 0 aliphatic carbocycles. The van der Waals surface area contributed by atoms with Gasteiger partial charge < -0.3 is 11.1 Å². The summed E-state index contributed by atoms with van der Waals surface area (Å²) in [5.41, 5.74) is 8.87. The molecule has 2 atom stereocenters. The first-order valence-corrected chi connectivity index (χ1v) is 10.6. The third-order valence-electron chi connectivity index (χ3n) is 4.81. The molecule has 7 heteroatoms. The molecule has 0 saturated heterocycles. The fourth-order valence-electron chi connectivity index (χ4n) is 2.86. The van der Waals surface area contributed by atoms with Crippen molar-refractivity contribution in [2.24, 2.45) is 0 Å². The van der Waals surface area contributed by atoms with Gasteiger partial charge in [-0.15, -0.1) is 15.9 Å². The number of hydrogen-bond donors (Lipinski definition) is 2. The fourth-order valence-corrected chi connectivity index (χ4v) is 4.03. The smallest absolute Gasteiger partial charge is 0.397 e. The molecule has 1 amide bonds. The Labute approximate surface area is 169 Å². The standard InChI is InChI=1S/C21H21N2O3PS/c1-3-21(2,26-27-25)16-9-6-14(7-10-16)20(24)23-18-13-15(8-11-17(18)22)19-5-4-12-28-19/h4-13,27H,3,22H2,1-2H3/p+1. The van der Waals surface area contributed by atoms with Crippen LogP contribution in [0.25, 0.3) is 10.4 Å². The summed E-state index contributed by atoms with van der Waals surface area (Å²) in [4.78, 5) is 13.8. The van der Waals surface area contributed by atoms with Gasteiger partial charge in [0.15, 0.2) is 0 Å². The van der Waals surface area contributed by atoms with Crippen LogP contribution in [0.15, 0.2) is 60.0 Å². The molecule has 0 aliphatic heterocycles. The topological polar surface area (TPSA) is 81.4 Å². The normalized spacial score (nSPS) is 13.2. The van der Waals surface area contributed by atoms with Gasteiger partial charge in [0.2, 0.25) is 0 Å². The Morgan fingerprint density at radius 1 is 1.21 bits per heavy atom. The first-order valence-electron chi connectivity index (χ1n) is 8.87. The average Bonchev–Trinajstić information content (AvgIpc) is 3.24. The number of nitrogens with two attached hydrogens (primary N) is 1. The van der Waals surface area contributed by atoms with Gasteiger partial charge in [-0.05, 0) is 64.7 Å². The van der Waals surface area contributed by atoms with Crippen LogP contribution >= 0.6 is 20.0 Å². The highest BCUT2D eigenvalue weighted by Crippen LogP contribution is 2.33. The maximum Gasteiger partial charge on any atom is 0.495 e. The lowest BCUT2D eigenvalue weighted by atomic mass is 9.92. The number of amides is 1. The molecule has 28 heavy (non-hydrogen) atoms. The van der Waals surface area contributed by atoms with Crippen LogP contribution in [0, 0.1) is 0 Å². The molecule has 144 valence electrons. The molecule has 3 rings (SSSR count). The number of benzene rings is 2. The molecule has 0 saturated carbocycles. The number of hydrogen-bond acceptors (Lipinski definition) is 5. The van der Waals surface area contributed by atoms with E-state index in [0.717, 1.165) is 16.0 Å². The van der Waals surface area contributed by atoms with E-state index < -0.39 is 14.3 Å². The summed E-state index contributed by atoms with van der Waals surface area (Å²) in [5, 5.41) is 4.89. The largest absolute Gasteiger partial charge is 0.495 e. The molecule has 2 unspecified atom stereocenters. The Balaban J connectivity index is 1.80. The Morgan fingerprint density at radius 2 is 1.96 bits per heavy atom. The van der Waals surface area contributed by atoms with Crippen molar-refractivity contribution in [3.63, 3.8) is 0 Å². The maximum atomic E-state index is 12.7. The summed E-state index contributed by atoms with van der Waals surface area (Å²) in [7, 11) is -0.840. The van der Waals surface area contributed by atoms with Crippen molar-refractivity contribution >= 4 is 37.3 Å². The number of rotatable bonds is 7. The van der Waals surface area contributed by atoms with Crippen LogP contribution in [-0.4, -0.2) is 5.91 Å². The highest BCUT2D eigenvalue weighted by atomic mass is 32.1. The quantitative estimate of drug-likeness (QED) is 0.377. The molecule has 0 radical (unpaired) electrons. The van der Waals surface area contributed by atoms with Gasteiger partial charge in [0.25, 0.3) is 5.91 Å². The van der Waals surface area contributed by atoms with E-state index in [-0.39, 0.29) is 5.91 Å². The molecular weight excluding hydrogens is 391 g/mol. The van der Waals surface area contributed by atoms with E-state index in [4.69, 9.17) is 10.3 Å². The maximum absolute atomic E-state index is 12.7. The number of nitrogen functional groups attached to an aromatic ring is 1. The summed E-state index contributed by atoms with van der Waals surface area (Å²) >= 11 is 1.63. The van der Waals surface area contributed by atoms with E-state index in [2.05, 4.69) is 5.32 Å². The van der Waals surface area contributed by atoms with E-state index >= 15 is 0 Å². The van der Waals surface area contributed by atoms with Gasteiger partial charge in [0.1, 0.15) is 5.60 Å². The minimum Gasteiger partial charge on any atom is -0.397 e. The Morgan fingerprint density at radius 3 is 2.57 bits per heavy atom. The molecule has 0 spiro atoms. The number of nitrogens with one attached hydrogen (secondary N) is 1. The monoisotopic (exact) mass is 413 g/mol. The van der Waals surface area contributed by atoms with Crippen LogP contribution in [0.4, 0.5) is 11.4 Å². The highest BCUT2D eigenvalue weighted by Gasteiger charge is 2.30. The SMILES string of the molecule is CCC(C)(O[PH+]=O)c1ccc(C(=O)Nc2cc(-c3cccs3)ccc2N)cc1. The number of carbonyl (C=O) groups excluding carboxylic acids is 1. The number of anilines is 2. The lowest BCUT2D eigenvalue weighted by molar-refractivity contribution is 0.0991. The van der Waals surface area contributed by atoms with Crippen molar-refractivity contribution in [3.8, 4) is 10.4 Å². The van der Waals surface area contributed by atoms with Gasteiger partial charge in [-0.2, -0.15) is 0 Å². The van der Waals surface area contributed by atoms with Gasteiger partial charge in [-0.3, -0.25) is 4.79 Å². The van der Waals surface area contributed by atoms with Crippen LogP contribution in [0.1, 0.15) is 36.2 Å². The van der Waals surface area contributed by atoms with E-state index in [0.29, 0.717) is 23.4 Å². The molecule has 3 aromatic rings. The summed E-state index contributed by atoms with van der Waals surface area (Å²) in [5.74, 6) is -0.244. The molecule has 1 aromatic heterocycles. The molecule has 3 N–H and O–H groups in total. The van der Waals surface area contributed by atoms with Crippen LogP contribution in [0.2, 0.25) is 0 Å². The summed E-state index contributed by atoms with van der Waals surface area (Å²) in [6.45, 7) is 3.84. The predicted molar refractivity (Wildman–Crippen MR) is 116 cm³/mol. The van der Waals surface area contributed by atoms with E-state index in [1.807, 2.05) is 55.6 Å². The van der Waals surface area contributed by atoms with Crippen molar-refractivity contribution in [2.45, 2.75) is 25.9 Å². The van der Waals surface area contributed by atoms with Crippen LogP contribution in [-0.2, 0) is 14.7 Å². The number of thiophene rings is 1. The third kappa shape index (κ3) is 4.30. The van der Waals surface area contributed by atoms with E-state index in [1.54, 1.807) is 29.5 Å². The Kier molecular flexibility index (Phi) is 6.25. The van der Waals surface area contributed by atoms with Crippen molar-refractivity contribution in [1.29, 1.82) is 0 Å². The van der Waals surface area contributed by atoms with Crippen LogP contribution < -0.4 is 11.1 Å². The van der Waals surface area contributed by atoms with Gasteiger partial charge in [-0.1, -0.05) is 31.2 Å². The van der Waals surface area contributed by atoms with Gasteiger partial charge >= 0.3 is 8.69 Å². The summed E-state index contributed by atoms with van der Waals surface area (Å²) in [6, 6.07) is 16.7. The molecule has 0 bridgehead atoms. The first-order chi connectivity index (χ1) is 13.5. The lowest BCUT2D eigenvalue weighted by Gasteiger charge is -2.21. The lowest BCUT2D eigenvalue weighted by Crippen LogP contribution is -2.21. The zero-order chi connectivity index (χ0) is 20.1. The second-order valence-corrected chi connectivity index (χ2v) is 7.90. The van der Waals surface area contributed by atoms with Gasteiger partial charge in [-0.25, -0.2) is 0 Å². The predicted octanol–water partition coefficient (Wildman–Crippen LogP) is 5.83. The summed E-state index contributed by atoms with van der Waals surface area (Å²) in [6.07, 6.45) is 0.666. The van der Waals surface area contributed by atoms with Crippen molar-refractivity contribution in [1.82, 2.24) is 0 Å². The third-order valence-corrected chi connectivity index (χ3v) is 6.26. The zero-order valence-corrected chi connectivity index (χ0v) is 17.5. The van der Waals surface area contributed by atoms with Gasteiger partial charge in [0.05, 0.1) is 11.4 Å². The van der Waals surface area contributed by atoms with Crippen LogP contribution in [0.3, 0.4) is 0 Å².